The third-order valence-electron chi connectivity index (χ3n) is 0.704. The van der Waals surface area contributed by atoms with E-state index in [4.69, 9.17) is 0 Å². The molecule has 0 aliphatic carbocycles. The van der Waals surface area contributed by atoms with Crippen LogP contribution in [0.4, 0.5) is 0 Å². The molecule has 8 heavy (non-hydrogen) atoms. The lowest BCUT2D eigenvalue weighted by molar-refractivity contribution is 0.303. The van der Waals surface area contributed by atoms with Crippen LogP contribution in [0.1, 0.15) is 5.69 Å². The van der Waals surface area contributed by atoms with Gasteiger partial charge in [-0.3, -0.25) is 0 Å². The molecule has 0 N–H and O–H groups in total. The van der Waals surface area contributed by atoms with E-state index in [1.165, 1.54) is 0 Å². The molecule has 0 bridgehead atoms. The van der Waals surface area contributed by atoms with E-state index >= 15 is 0 Å². The van der Waals surface area contributed by atoms with Gasteiger partial charge in [0.05, 0.1) is 0 Å². The number of nitrogens with zero attached hydrogens (tertiary/aromatic N) is 2. The Morgan fingerprint density at radius 1 is 1.88 bits per heavy atom. The largest absolute Gasteiger partial charge is 0.244 e. The molecule has 3 nitrogen and oxygen atoms in total. The number of hydrogen-bond donors (Lipinski definition) is 0. The Labute approximate surface area is 47.0 Å². The molecule has 1 heterocycles. The van der Waals surface area contributed by atoms with Crippen LogP contribution in [-0.2, 0) is 6.42 Å². The van der Waals surface area contributed by atoms with Crippen molar-refractivity contribution < 1.29 is 4.63 Å². The first kappa shape index (κ1) is 5.03. The Balaban J connectivity index is 2.62. The molecular formula is C5H5N2O. The average Bonchev–Trinajstić information content (AvgIpc) is 2.19. The molecule has 0 fully saturated rings. The van der Waals surface area contributed by atoms with Gasteiger partial charge in [0.2, 0.25) is 0 Å². The highest BCUT2D eigenvalue weighted by atomic mass is 16.6. The predicted octanol–water partition coefficient (Wildman–Crippen LogP) is 0.598. The van der Waals surface area contributed by atoms with Crippen LogP contribution in [0.5, 0.6) is 0 Å². The van der Waals surface area contributed by atoms with Crippen molar-refractivity contribution in [3.8, 4) is 0 Å². The topological polar surface area (TPSA) is 38.9 Å². The van der Waals surface area contributed by atoms with Crippen molar-refractivity contribution in [3.05, 3.63) is 24.5 Å². The zero-order valence-corrected chi connectivity index (χ0v) is 4.29. The van der Waals surface area contributed by atoms with Gasteiger partial charge >= 0.3 is 0 Å². The van der Waals surface area contributed by atoms with Crippen LogP contribution < -0.4 is 0 Å². The maximum Gasteiger partial charge on any atom is 0.162 e. The molecule has 0 saturated carbocycles. The molecule has 1 aromatic rings. The molecule has 3 heteroatoms. The summed E-state index contributed by atoms with van der Waals surface area (Å²) < 4.78 is 4.26. The van der Waals surface area contributed by atoms with Crippen molar-refractivity contribution >= 4 is 0 Å². The van der Waals surface area contributed by atoms with Crippen LogP contribution in [-0.4, -0.2) is 10.3 Å². The lowest BCUT2D eigenvalue weighted by Gasteiger charge is -1.75. The summed E-state index contributed by atoms with van der Waals surface area (Å²) in [6, 6.07) is 0. The Bertz CT molecular complexity index is 157. The fraction of sp³-hybridized carbons (Fsp3) is 0.200. The van der Waals surface area contributed by atoms with Crippen molar-refractivity contribution in [1.82, 2.24) is 10.3 Å². The van der Waals surface area contributed by atoms with Crippen molar-refractivity contribution in [2.24, 2.45) is 0 Å². The van der Waals surface area contributed by atoms with Crippen LogP contribution in [0, 0.1) is 6.20 Å². The smallest absolute Gasteiger partial charge is 0.162 e. The van der Waals surface area contributed by atoms with E-state index in [1.54, 1.807) is 6.08 Å². The summed E-state index contributed by atoms with van der Waals surface area (Å²) in [6.45, 7) is 3.51. The fourth-order valence-electron chi connectivity index (χ4n) is 0.383. The van der Waals surface area contributed by atoms with Gasteiger partial charge in [-0.25, -0.2) is 4.63 Å². The van der Waals surface area contributed by atoms with E-state index < -0.39 is 0 Å². The van der Waals surface area contributed by atoms with Gasteiger partial charge in [0, 0.05) is 6.42 Å². The Morgan fingerprint density at radius 2 is 2.75 bits per heavy atom. The van der Waals surface area contributed by atoms with Gasteiger partial charge in [0.15, 0.2) is 6.20 Å². The van der Waals surface area contributed by atoms with Gasteiger partial charge in [-0.15, -0.1) is 6.58 Å². The number of hydrogen-bond acceptors (Lipinski definition) is 3. The molecular weight excluding hydrogens is 104 g/mol. The minimum absolute atomic E-state index is 0.670. The van der Waals surface area contributed by atoms with Crippen molar-refractivity contribution in [2.45, 2.75) is 6.42 Å². The van der Waals surface area contributed by atoms with Crippen LogP contribution in [0.15, 0.2) is 17.3 Å². The van der Waals surface area contributed by atoms with Gasteiger partial charge in [-0.05, 0) is 5.16 Å². The minimum atomic E-state index is 0.670. The third-order valence-corrected chi connectivity index (χ3v) is 0.704. The standard InChI is InChI=1S/C5H5N2O/c1-2-3-5-4-6-8-7-5/h2H,1,3H2. The lowest BCUT2D eigenvalue weighted by Crippen LogP contribution is -1.76. The van der Waals surface area contributed by atoms with Gasteiger partial charge in [0.1, 0.15) is 5.69 Å². The second kappa shape index (κ2) is 2.26. The molecule has 0 spiro atoms. The average molecular weight is 109 g/mol. The van der Waals surface area contributed by atoms with Gasteiger partial charge in [0.25, 0.3) is 0 Å². The summed E-state index contributed by atoms with van der Waals surface area (Å²) in [4.78, 5) is 0. The Hall–Kier alpha value is -1.12. The zero-order chi connectivity index (χ0) is 5.82. The van der Waals surface area contributed by atoms with Crippen LogP contribution in [0.2, 0.25) is 0 Å². The van der Waals surface area contributed by atoms with Gasteiger partial charge in [-0.2, -0.15) is 0 Å². The second-order valence-corrected chi connectivity index (χ2v) is 1.32. The SMILES string of the molecule is C=CCc1[c]non1. The van der Waals surface area contributed by atoms with Crippen molar-refractivity contribution in [3.63, 3.8) is 0 Å². The van der Waals surface area contributed by atoms with Crippen LogP contribution in [0.3, 0.4) is 0 Å². The van der Waals surface area contributed by atoms with E-state index in [1.807, 2.05) is 0 Å². The number of allylic oxidation sites excluding steroid dienone is 1. The molecule has 0 aliphatic heterocycles. The second-order valence-electron chi connectivity index (χ2n) is 1.32. The highest BCUT2D eigenvalue weighted by molar-refractivity contribution is 4.93. The van der Waals surface area contributed by atoms with E-state index in [0.29, 0.717) is 12.1 Å². The normalized spacial score (nSPS) is 9.00. The van der Waals surface area contributed by atoms with E-state index in [-0.39, 0.29) is 0 Å². The lowest BCUT2D eigenvalue weighted by atomic mass is 10.3. The quantitative estimate of drug-likeness (QED) is 0.522. The summed E-state index contributed by atoms with van der Waals surface area (Å²) >= 11 is 0. The van der Waals surface area contributed by atoms with Gasteiger partial charge < -0.3 is 0 Å². The Morgan fingerprint density at radius 3 is 3.25 bits per heavy atom. The zero-order valence-electron chi connectivity index (χ0n) is 4.29. The summed E-state index contributed by atoms with van der Waals surface area (Å²) in [5, 5.41) is 6.77. The molecule has 41 valence electrons. The summed E-state index contributed by atoms with van der Waals surface area (Å²) in [5.74, 6) is 0. The van der Waals surface area contributed by atoms with E-state index in [9.17, 15) is 0 Å². The molecule has 1 rings (SSSR count). The van der Waals surface area contributed by atoms with Crippen LogP contribution >= 0.6 is 0 Å². The Kier molecular flexibility index (Phi) is 1.42. The number of aromatic nitrogens is 2. The summed E-state index contributed by atoms with van der Waals surface area (Å²) in [5.41, 5.74) is 0.694. The van der Waals surface area contributed by atoms with E-state index in [2.05, 4.69) is 27.7 Å². The highest BCUT2D eigenvalue weighted by Gasteiger charge is 1.91. The first-order valence-corrected chi connectivity index (χ1v) is 2.23. The maximum atomic E-state index is 4.26. The maximum absolute atomic E-state index is 4.26. The molecule has 1 aromatic heterocycles. The predicted molar refractivity (Wildman–Crippen MR) is 27.0 cm³/mol. The molecule has 0 atom stereocenters. The molecule has 1 radical (unpaired) electrons. The first-order chi connectivity index (χ1) is 3.93. The van der Waals surface area contributed by atoms with Gasteiger partial charge in [-0.1, -0.05) is 11.2 Å². The monoisotopic (exact) mass is 109 g/mol. The molecule has 0 unspecified atom stereocenters. The van der Waals surface area contributed by atoms with E-state index in [0.717, 1.165) is 0 Å². The van der Waals surface area contributed by atoms with Crippen molar-refractivity contribution in [2.75, 3.05) is 0 Å². The van der Waals surface area contributed by atoms with Crippen molar-refractivity contribution in [1.29, 1.82) is 0 Å². The highest BCUT2D eigenvalue weighted by Crippen LogP contribution is 1.89. The first-order valence-electron chi connectivity index (χ1n) is 2.23. The molecule has 0 saturated heterocycles. The number of rotatable bonds is 2. The summed E-state index contributed by atoms with van der Waals surface area (Å²) in [7, 11) is 0. The minimum Gasteiger partial charge on any atom is -0.244 e. The van der Waals surface area contributed by atoms with Crippen LogP contribution in [0.25, 0.3) is 0 Å². The molecule has 0 aliphatic rings. The molecule has 0 aromatic carbocycles. The fourth-order valence-corrected chi connectivity index (χ4v) is 0.383. The molecule has 0 amide bonds. The third kappa shape index (κ3) is 0.932. The summed E-state index contributed by atoms with van der Waals surface area (Å²) in [6.07, 6.45) is 4.93.